The first kappa shape index (κ1) is 16.7. The van der Waals surface area contributed by atoms with Crippen molar-refractivity contribution in [3.05, 3.63) is 53.3 Å². The Kier molecular flexibility index (Phi) is 5.34. The van der Waals surface area contributed by atoms with Gasteiger partial charge in [-0.1, -0.05) is 44.2 Å². The summed E-state index contributed by atoms with van der Waals surface area (Å²) in [5, 5.41) is 7.81. The summed E-state index contributed by atoms with van der Waals surface area (Å²) in [6, 6.07) is 10.5. The molecular formula is C20H27N3O. The van der Waals surface area contributed by atoms with Gasteiger partial charge in [0, 0.05) is 17.7 Å². The SMILES string of the molecule is CC(C)CCC(=O)NC1CCCc2c1cnn2Cc1ccccc1. The van der Waals surface area contributed by atoms with Crippen LogP contribution < -0.4 is 5.32 Å². The second kappa shape index (κ2) is 7.65. The van der Waals surface area contributed by atoms with E-state index in [1.807, 2.05) is 12.3 Å². The van der Waals surface area contributed by atoms with Crippen molar-refractivity contribution in [3.8, 4) is 0 Å². The van der Waals surface area contributed by atoms with Gasteiger partial charge in [-0.05, 0) is 37.2 Å². The molecule has 1 aromatic carbocycles. The predicted molar refractivity (Wildman–Crippen MR) is 95.7 cm³/mol. The molecule has 1 amide bonds. The summed E-state index contributed by atoms with van der Waals surface area (Å²) in [4.78, 5) is 12.2. The molecule has 1 atom stereocenters. The van der Waals surface area contributed by atoms with E-state index in [1.165, 1.54) is 16.8 Å². The van der Waals surface area contributed by atoms with Gasteiger partial charge in [-0.15, -0.1) is 0 Å². The normalized spacial score (nSPS) is 16.9. The first-order valence-electron chi connectivity index (χ1n) is 9.01. The monoisotopic (exact) mass is 325 g/mol. The van der Waals surface area contributed by atoms with Crippen molar-refractivity contribution in [1.82, 2.24) is 15.1 Å². The molecule has 2 aromatic rings. The topological polar surface area (TPSA) is 46.9 Å². The molecule has 0 fully saturated rings. The number of hydrogen-bond acceptors (Lipinski definition) is 2. The smallest absolute Gasteiger partial charge is 0.220 e. The molecule has 1 N–H and O–H groups in total. The Morgan fingerprint density at radius 1 is 1.33 bits per heavy atom. The van der Waals surface area contributed by atoms with Gasteiger partial charge in [-0.25, -0.2) is 0 Å². The van der Waals surface area contributed by atoms with Gasteiger partial charge in [0.05, 0.1) is 18.8 Å². The van der Waals surface area contributed by atoms with Crippen LogP contribution in [0.3, 0.4) is 0 Å². The van der Waals surface area contributed by atoms with Crippen molar-refractivity contribution in [2.45, 2.75) is 58.5 Å². The fourth-order valence-electron chi connectivity index (χ4n) is 3.35. The first-order chi connectivity index (χ1) is 11.6. The number of fused-ring (bicyclic) bond motifs is 1. The molecular weight excluding hydrogens is 298 g/mol. The van der Waals surface area contributed by atoms with Crippen LogP contribution in [0.4, 0.5) is 0 Å². The molecule has 24 heavy (non-hydrogen) atoms. The van der Waals surface area contributed by atoms with E-state index in [9.17, 15) is 4.79 Å². The summed E-state index contributed by atoms with van der Waals surface area (Å²) >= 11 is 0. The molecule has 128 valence electrons. The molecule has 1 heterocycles. The number of nitrogens with one attached hydrogen (secondary N) is 1. The van der Waals surface area contributed by atoms with Crippen molar-refractivity contribution in [3.63, 3.8) is 0 Å². The number of aromatic nitrogens is 2. The van der Waals surface area contributed by atoms with E-state index in [4.69, 9.17) is 0 Å². The molecule has 0 bridgehead atoms. The zero-order valence-electron chi connectivity index (χ0n) is 14.7. The Morgan fingerprint density at radius 3 is 2.88 bits per heavy atom. The van der Waals surface area contributed by atoms with Crippen LogP contribution in [0.5, 0.6) is 0 Å². The van der Waals surface area contributed by atoms with Crippen molar-refractivity contribution in [1.29, 1.82) is 0 Å². The van der Waals surface area contributed by atoms with E-state index in [0.717, 1.165) is 32.2 Å². The third-order valence-corrected chi connectivity index (χ3v) is 4.72. The van der Waals surface area contributed by atoms with Gasteiger partial charge >= 0.3 is 0 Å². The van der Waals surface area contributed by atoms with E-state index in [0.29, 0.717) is 12.3 Å². The molecule has 3 rings (SSSR count). The standard InChI is InChI=1S/C20H27N3O/c1-15(2)11-12-20(24)22-18-9-6-10-19-17(18)13-21-23(19)14-16-7-4-3-5-8-16/h3-5,7-8,13,15,18H,6,9-12,14H2,1-2H3,(H,22,24). The Bertz CT molecular complexity index is 675. The Balaban J connectivity index is 1.69. The summed E-state index contributed by atoms with van der Waals surface area (Å²) in [5.41, 5.74) is 3.74. The fourth-order valence-corrected chi connectivity index (χ4v) is 3.35. The average Bonchev–Trinajstić information content (AvgIpc) is 2.98. The maximum absolute atomic E-state index is 12.2. The van der Waals surface area contributed by atoms with E-state index in [-0.39, 0.29) is 11.9 Å². The quantitative estimate of drug-likeness (QED) is 0.876. The molecule has 1 unspecified atom stereocenters. The molecule has 0 saturated heterocycles. The number of hydrogen-bond donors (Lipinski definition) is 1. The minimum absolute atomic E-state index is 0.123. The summed E-state index contributed by atoms with van der Waals surface area (Å²) < 4.78 is 2.09. The van der Waals surface area contributed by atoms with Crippen molar-refractivity contribution >= 4 is 5.91 Å². The molecule has 4 heteroatoms. The summed E-state index contributed by atoms with van der Waals surface area (Å²) in [6.07, 6.45) is 6.66. The van der Waals surface area contributed by atoms with Gasteiger partial charge in [-0.3, -0.25) is 9.48 Å². The first-order valence-corrected chi connectivity index (χ1v) is 9.01. The molecule has 1 aromatic heterocycles. The molecule has 0 radical (unpaired) electrons. The number of rotatable bonds is 6. The van der Waals surface area contributed by atoms with Gasteiger partial charge in [-0.2, -0.15) is 5.10 Å². The highest BCUT2D eigenvalue weighted by atomic mass is 16.1. The summed E-state index contributed by atoms with van der Waals surface area (Å²) in [6.45, 7) is 5.10. The van der Waals surface area contributed by atoms with E-state index < -0.39 is 0 Å². The van der Waals surface area contributed by atoms with Crippen LogP contribution in [0.15, 0.2) is 36.5 Å². The van der Waals surface area contributed by atoms with Gasteiger partial charge in [0.15, 0.2) is 0 Å². The van der Waals surface area contributed by atoms with Gasteiger partial charge in [0.25, 0.3) is 0 Å². The zero-order valence-corrected chi connectivity index (χ0v) is 14.7. The molecule has 1 aliphatic carbocycles. The van der Waals surface area contributed by atoms with E-state index in [2.05, 4.69) is 53.2 Å². The molecule has 0 spiro atoms. The van der Waals surface area contributed by atoms with Crippen molar-refractivity contribution in [2.75, 3.05) is 0 Å². The van der Waals surface area contributed by atoms with Crippen LogP contribution in [0.2, 0.25) is 0 Å². The average molecular weight is 325 g/mol. The van der Waals surface area contributed by atoms with Crippen LogP contribution in [0.1, 0.15) is 62.4 Å². The van der Waals surface area contributed by atoms with Gasteiger partial charge < -0.3 is 5.32 Å². The summed E-state index contributed by atoms with van der Waals surface area (Å²) in [7, 11) is 0. The third kappa shape index (κ3) is 4.05. The fraction of sp³-hybridized carbons (Fsp3) is 0.500. The lowest BCUT2D eigenvalue weighted by molar-refractivity contribution is -0.122. The Hall–Kier alpha value is -2.10. The van der Waals surface area contributed by atoms with Crippen LogP contribution >= 0.6 is 0 Å². The number of benzene rings is 1. The van der Waals surface area contributed by atoms with E-state index in [1.54, 1.807) is 0 Å². The lowest BCUT2D eigenvalue weighted by atomic mass is 9.92. The lowest BCUT2D eigenvalue weighted by Gasteiger charge is -2.24. The minimum atomic E-state index is 0.123. The minimum Gasteiger partial charge on any atom is -0.349 e. The second-order valence-electron chi connectivity index (χ2n) is 7.13. The zero-order chi connectivity index (χ0) is 16.9. The molecule has 0 aliphatic heterocycles. The Morgan fingerprint density at radius 2 is 2.12 bits per heavy atom. The lowest BCUT2D eigenvalue weighted by Crippen LogP contribution is -2.31. The largest absolute Gasteiger partial charge is 0.349 e. The van der Waals surface area contributed by atoms with Crippen molar-refractivity contribution in [2.24, 2.45) is 5.92 Å². The van der Waals surface area contributed by atoms with E-state index >= 15 is 0 Å². The molecule has 0 saturated carbocycles. The highest BCUT2D eigenvalue weighted by molar-refractivity contribution is 5.76. The highest BCUT2D eigenvalue weighted by Crippen LogP contribution is 2.30. The Labute approximate surface area is 144 Å². The maximum Gasteiger partial charge on any atom is 0.220 e. The van der Waals surface area contributed by atoms with Crippen LogP contribution in [0.25, 0.3) is 0 Å². The van der Waals surface area contributed by atoms with Gasteiger partial charge in [0.1, 0.15) is 0 Å². The van der Waals surface area contributed by atoms with Crippen LogP contribution in [0, 0.1) is 5.92 Å². The van der Waals surface area contributed by atoms with Crippen LogP contribution in [-0.2, 0) is 17.8 Å². The highest BCUT2D eigenvalue weighted by Gasteiger charge is 2.25. The number of nitrogens with zero attached hydrogens (tertiary/aromatic N) is 2. The number of carbonyl (C=O) groups excluding carboxylic acids is 1. The molecule has 4 nitrogen and oxygen atoms in total. The van der Waals surface area contributed by atoms with Gasteiger partial charge in [0.2, 0.25) is 5.91 Å². The number of amides is 1. The van der Waals surface area contributed by atoms with Crippen molar-refractivity contribution < 1.29 is 4.79 Å². The third-order valence-electron chi connectivity index (χ3n) is 4.72. The maximum atomic E-state index is 12.2. The summed E-state index contributed by atoms with van der Waals surface area (Å²) in [5.74, 6) is 0.726. The molecule has 1 aliphatic rings. The predicted octanol–water partition coefficient (Wildman–Crippen LogP) is 3.86. The number of carbonyl (C=O) groups is 1. The van der Waals surface area contributed by atoms with Crippen LogP contribution in [-0.4, -0.2) is 15.7 Å². The second-order valence-corrected chi connectivity index (χ2v) is 7.13.